The Balaban J connectivity index is 2.32. The van der Waals surface area contributed by atoms with E-state index < -0.39 is 31.0 Å². The number of pyridine rings is 1. The number of nitrogens with zero attached hydrogens (tertiary/aromatic N) is 2. The van der Waals surface area contributed by atoms with Crippen LogP contribution in [0.15, 0.2) is 18.3 Å². The molecule has 0 saturated carbocycles. The summed E-state index contributed by atoms with van der Waals surface area (Å²) in [5, 5.41) is 37.3. The van der Waals surface area contributed by atoms with Gasteiger partial charge in [-0.1, -0.05) is 6.07 Å². The minimum absolute atomic E-state index is 0.141. The summed E-state index contributed by atoms with van der Waals surface area (Å²) >= 11 is 0. The fraction of sp³-hybridized carbons (Fsp3) is 0.455. The molecule has 0 aliphatic carbocycles. The van der Waals surface area contributed by atoms with Crippen LogP contribution in [0.25, 0.3) is 0 Å². The zero-order valence-corrected chi connectivity index (χ0v) is 8.89. The van der Waals surface area contributed by atoms with Gasteiger partial charge in [0.05, 0.1) is 6.61 Å². The average molecular weight is 236 g/mol. The first-order valence-corrected chi connectivity index (χ1v) is 5.16. The van der Waals surface area contributed by atoms with E-state index in [0.29, 0.717) is 5.56 Å². The number of hydrogen-bond acceptors (Lipinski definition) is 6. The highest BCUT2D eigenvalue weighted by Crippen LogP contribution is 2.34. The molecule has 1 aliphatic rings. The van der Waals surface area contributed by atoms with E-state index in [1.165, 1.54) is 6.20 Å². The number of aromatic nitrogens is 1. The van der Waals surface area contributed by atoms with Crippen LogP contribution >= 0.6 is 0 Å². The molecule has 0 aromatic carbocycles. The Kier molecular flexibility index (Phi) is 3.36. The average Bonchev–Trinajstić information content (AvgIpc) is 2.66. The Labute approximate surface area is 97.7 Å². The Morgan fingerprint density at radius 2 is 2.18 bits per heavy atom. The summed E-state index contributed by atoms with van der Waals surface area (Å²) in [4.78, 5) is 3.86. The normalized spacial score (nSPS) is 32.4. The summed E-state index contributed by atoms with van der Waals surface area (Å²) in [6, 6.07) is 5.11. The molecule has 4 atom stereocenters. The summed E-state index contributed by atoms with van der Waals surface area (Å²) in [6.45, 7) is -0.392. The second kappa shape index (κ2) is 4.77. The minimum atomic E-state index is -1.18. The lowest BCUT2D eigenvalue weighted by Gasteiger charge is -2.15. The fourth-order valence-electron chi connectivity index (χ4n) is 1.90. The monoisotopic (exact) mass is 236 g/mol. The van der Waals surface area contributed by atoms with E-state index in [4.69, 9.17) is 15.1 Å². The highest BCUT2D eigenvalue weighted by atomic mass is 16.6. The van der Waals surface area contributed by atoms with Crippen molar-refractivity contribution >= 4 is 0 Å². The molecule has 90 valence electrons. The molecule has 0 radical (unpaired) electrons. The molecular weight excluding hydrogens is 224 g/mol. The van der Waals surface area contributed by atoms with Crippen LogP contribution in [0.2, 0.25) is 0 Å². The van der Waals surface area contributed by atoms with Crippen LogP contribution in [0.1, 0.15) is 17.4 Å². The van der Waals surface area contributed by atoms with E-state index in [1.807, 2.05) is 6.07 Å². The lowest BCUT2D eigenvalue weighted by molar-refractivity contribution is -0.0229. The van der Waals surface area contributed by atoms with E-state index in [-0.39, 0.29) is 5.69 Å². The van der Waals surface area contributed by atoms with E-state index in [1.54, 1.807) is 12.1 Å². The SMILES string of the molecule is N#Cc1ncccc1[C@@H]1O[C@H](CO)[C@@H](O)[C@H]1O. The van der Waals surface area contributed by atoms with Gasteiger partial charge in [-0.15, -0.1) is 0 Å². The topological polar surface area (TPSA) is 107 Å². The van der Waals surface area contributed by atoms with Crippen LogP contribution in [-0.2, 0) is 4.74 Å². The standard InChI is InChI=1S/C11H12N2O4/c12-4-7-6(2-1-3-13-7)11-10(16)9(15)8(5-14)17-11/h1-3,8-11,14-16H,5H2/t8-,9-,10-,11+/m1/s1. The van der Waals surface area contributed by atoms with Gasteiger partial charge in [-0.25, -0.2) is 4.98 Å². The molecule has 0 unspecified atom stereocenters. The van der Waals surface area contributed by atoms with Crippen molar-refractivity contribution < 1.29 is 20.1 Å². The molecule has 1 aliphatic heterocycles. The molecular formula is C11H12N2O4. The maximum absolute atomic E-state index is 9.81. The predicted molar refractivity (Wildman–Crippen MR) is 55.7 cm³/mol. The number of rotatable bonds is 2. The van der Waals surface area contributed by atoms with Crippen molar-refractivity contribution in [2.45, 2.75) is 24.4 Å². The van der Waals surface area contributed by atoms with Gasteiger partial charge in [0.25, 0.3) is 0 Å². The Morgan fingerprint density at radius 3 is 2.76 bits per heavy atom. The summed E-state index contributed by atoms with van der Waals surface area (Å²) < 4.78 is 5.32. The molecule has 1 saturated heterocycles. The predicted octanol–water partition coefficient (Wildman–Crippen LogP) is -0.893. The van der Waals surface area contributed by atoms with Crippen molar-refractivity contribution in [3.8, 4) is 6.07 Å². The first-order valence-electron chi connectivity index (χ1n) is 5.16. The summed E-state index contributed by atoms with van der Waals surface area (Å²) in [5.74, 6) is 0. The molecule has 6 heteroatoms. The number of hydrogen-bond donors (Lipinski definition) is 3. The molecule has 2 rings (SSSR count). The van der Waals surface area contributed by atoms with E-state index >= 15 is 0 Å². The lowest BCUT2D eigenvalue weighted by Crippen LogP contribution is -2.32. The number of ether oxygens (including phenoxy) is 1. The first kappa shape index (κ1) is 12.0. The van der Waals surface area contributed by atoms with Gasteiger partial charge < -0.3 is 20.1 Å². The molecule has 0 amide bonds. The number of aliphatic hydroxyl groups excluding tert-OH is 3. The van der Waals surface area contributed by atoms with E-state index in [0.717, 1.165) is 0 Å². The number of aliphatic hydroxyl groups is 3. The second-order valence-electron chi connectivity index (χ2n) is 3.81. The highest BCUT2D eigenvalue weighted by Gasteiger charge is 2.43. The summed E-state index contributed by atoms with van der Waals surface area (Å²) in [6.07, 6.45) is -2.57. The Morgan fingerprint density at radius 1 is 1.41 bits per heavy atom. The largest absolute Gasteiger partial charge is 0.394 e. The third-order valence-electron chi connectivity index (χ3n) is 2.79. The van der Waals surface area contributed by atoms with Crippen LogP contribution in [0.3, 0.4) is 0 Å². The van der Waals surface area contributed by atoms with Gasteiger partial charge in [0.15, 0.2) is 0 Å². The van der Waals surface area contributed by atoms with Gasteiger partial charge in [-0.2, -0.15) is 5.26 Å². The minimum Gasteiger partial charge on any atom is -0.394 e. The van der Waals surface area contributed by atoms with Crippen LogP contribution in [0, 0.1) is 11.3 Å². The maximum atomic E-state index is 9.81. The second-order valence-corrected chi connectivity index (χ2v) is 3.81. The number of nitriles is 1. The smallest absolute Gasteiger partial charge is 0.146 e. The molecule has 2 heterocycles. The zero-order chi connectivity index (χ0) is 12.4. The van der Waals surface area contributed by atoms with E-state index in [2.05, 4.69) is 4.98 Å². The van der Waals surface area contributed by atoms with Crippen LogP contribution in [0.5, 0.6) is 0 Å². The molecule has 1 aromatic rings. The van der Waals surface area contributed by atoms with Gasteiger partial charge in [0, 0.05) is 11.8 Å². The first-order chi connectivity index (χ1) is 8.19. The molecule has 0 spiro atoms. The molecule has 1 aromatic heterocycles. The van der Waals surface area contributed by atoms with Gasteiger partial charge in [-0.05, 0) is 6.07 Å². The summed E-state index contributed by atoms with van der Waals surface area (Å²) in [5.41, 5.74) is 0.555. The van der Waals surface area contributed by atoms with Crippen LogP contribution in [0.4, 0.5) is 0 Å². The van der Waals surface area contributed by atoms with Crippen LogP contribution in [-0.4, -0.2) is 45.2 Å². The van der Waals surface area contributed by atoms with Gasteiger partial charge in [0.1, 0.15) is 36.2 Å². The molecule has 0 bridgehead atoms. The van der Waals surface area contributed by atoms with Gasteiger partial charge in [0.2, 0.25) is 0 Å². The van der Waals surface area contributed by atoms with Crippen molar-refractivity contribution in [2.24, 2.45) is 0 Å². The van der Waals surface area contributed by atoms with Gasteiger partial charge in [-0.3, -0.25) is 0 Å². The molecule has 17 heavy (non-hydrogen) atoms. The van der Waals surface area contributed by atoms with E-state index in [9.17, 15) is 10.2 Å². The quantitative estimate of drug-likeness (QED) is 0.614. The maximum Gasteiger partial charge on any atom is 0.146 e. The highest BCUT2D eigenvalue weighted by molar-refractivity contribution is 5.34. The third kappa shape index (κ3) is 2.01. The fourth-order valence-corrected chi connectivity index (χ4v) is 1.90. The van der Waals surface area contributed by atoms with Crippen molar-refractivity contribution in [1.82, 2.24) is 4.98 Å². The Bertz CT molecular complexity index is 445. The van der Waals surface area contributed by atoms with Crippen molar-refractivity contribution in [3.63, 3.8) is 0 Å². The molecule has 1 fully saturated rings. The lowest BCUT2D eigenvalue weighted by atomic mass is 10.0. The Hall–Kier alpha value is -1.52. The zero-order valence-electron chi connectivity index (χ0n) is 8.89. The van der Waals surface area contributed by atoms with Crippen LogP contribution < -0.4 is 0 Å². The molecule has 6 nitrogen and oxygen atoms in total. The van der Waals surface area contributed by atoms with Crippen molar-refractivity contribution in [1.29, 1.82) is 5.26 Å². The third-order valence-corrected chi connectivity index (χ3v) is 2.79. The van der Waals surface area contributed by atoms with Gasteiger partial charge >= 0.3 is 0 Å². The summed E-state index contributed by atoms with van der Waals surface area (Å²) in [7, 11) is 0. The molecule has 3 N–H and O–H groups in total. The van der Waals surface area contributed by atoms with Crippen molar-refractivity contribution in [2.75, 3.05) is 6.61 Å². The van der Waals surface area contributed by atoms with Crippen molar-refractivity contribution in [3.05, 3.63) is 29.6 Å².